The van der Waals surface area contributed by atoms with E-state index in [1.165, 1.54) is 0 Å². The van der Waals surface area contributed by atoms with E-state index in [1.54, 1.807) is 0 Å². The van der Waals surface area contributed by atoms with E-state index in [0.29, 0.717) is 11.2 Å². The molecule has 1 aliphatic heterocycles. The first-order chi connectivity index (χ1) is 3.70. The van der Waals surface area contributed by atoms with Crippen LogP contribution >= 0.6 is 12.2 Å². The van der Waals surface area contributed by atoms with Crippen molar-refractivity contribution in [3.8, 4) is 0 Å². The van der Waals surface area contributed by atoms with Crippen LogP contribution in [-0.2, 0) is 4.74 Å². The molecular weight excluding hydrogens is 122 g/mol. The van der Waals surface area contributed by atoms with Crippen molar-refractivity contribution in [2.24, 2.45) is 0 Å². The molecule has 3 heteroatoms. The van der Waals surface area contributed by atoms with Crippen LogP contribution in [0.2, 0.25) is 0 Å². The summed E-state index contributed by atoms with van der Waals surface area (Å²) in [6.45, 7) is 4.04. The van der Waals surface area contributed by atoms with Crippen molar-refractivity contribution in [3.63, 3.8) is 0 Å². The molecule has 2 unspecified atom stereocenters. The highest BCUT2D eigenvalue weighted by Crippen LogP contribution is 2.05. The number of ether oxygens (including phenoxy) is 1. The molecule has 0 radical (unpaired) electrons. The number of rotatable bonds is 0. The Morgan fingerprint density at radius 1 is 1.62 bits per heavy atom. The van der Waals surface area contributed by atoms with Gasteiger partial charge in [-0.25, -0.2) is 0 Å². The van der Waals surface area contributed by atoms with E-state index >= 15 is 0 Å². The second kappa shape index (κ2) is 1.90. The Morgan fingerprint density at radius 3 is 2.38 bits per heavy atom. The number of hydrogen-bond acceptors (Lipinski definition) is 2. The number of nitrogens with one attached hydrogen (secondary N) is 1. The van der Waals surface area contributed by atoms with Crippen molar-refractivity contribution >= 4 is 17.4 Å². The minimum Gasteiger partial charge on any atom is -0.466 e. The monoisotopic (exact) mass is 131 g/mol. The van der Waals surface area contributed by atoms with Gasteiger partial charge >= 0.3 is 0 Å². The van der Waals surface area contributed by atoms with E-state index in [2.05, 4.69) is 5.32 Å². The summed E-state index contributed by atoms with van der Waals surface area (Å²) in [7, 11) is 0. The maximum Gasteiger partial charge on any atom is 0.257 e. The standard InChI is InChI=1S/C5H9NOS/c1-3-4(2)7-5(8)6-3/h3-4H,1-2H3,(H,6,8). The van der Waals surface area contributed by atoms with Crippen LogP contribution in [0, 0.1) is 0 Å². The van der Waals surface area contributed by atoms with E-state index < -0.39 is 0 Å². The SMILES string of the molecule is CC1NC(=S)OC1C. The van der Waals surface area contributed by atoms with Crippen molar-refractivity contribution in [2.45, 2.75) is 26.0 Å². The molecule has 2 nitrogen and oxygen atoms in total. The predicted molar refractivity (Wildman–Crippen MR) is 35.7 cm³/mol. The Kier molecular flexibility index (Phi) is 1.38. The van der Waals surface area contributed by atoms with Crippen molar-refractivity contribution in [1.82, 2.24) is 5.32 Å². The van der Waals surface area contributed by atoms with Gasteiger partial charge in [-0.3, -0.25) is 0 Å². The third-order valence-electron chi connectivity index (χ3n) is 1.34. The Labute approximate surface area is 54.2 Å². The summed E-state index contributed by atoms with van der Waals surface area (Å²) < 4.78 is 5.09. The highest BCUT2D eigenvalue weighted by atomic mass is 32.1. The van der Waals surface area contributed by atoms with Gasteiger partial charge < -0.3 is 10.1 Å². The average Bonchev–Trinajstić information content (AvgIpc) is 1.85. The Hall–Kier alpha value is -0.310. The lowest BCUT2D eigenvalue weighted by Gasteiger charge is -2.03. The maximum absolute atomic E-state index is 5.09. The molecule has 0 aromatic heterocycles. The zero-order valence-corrected chi connectivity index (χ0v) is 5.79. The molecule has 2 atom stereocenters. The largest absolute Gasteiger partial charge is 0.466 e. The molecule has 0 aromatic rings. The fourth-order valence-electron chi connectivity index (χ4n) is 0.608. The van der Waals surface area contributed by atoms with Gasteiger partial charge in [0, 0.05) is 0 Å². The first-order valence-electron chi connectivity index (χ1n) is 2.67. The van der Waals surface area contributed by atoms with Crippen molar-refractivity contribution < 1.29 is 4.74 Å². The minimum absolute atomic E-state index is 0.238. The molecule has 0 aliphatic carbocycles. The molecule has 1 rings (SSSR count). The first-order valence-corrected chi connectivity index (χ1v) is 3.08. The summed E-state index contributed by atoms with van der Waals surface area (Å²) in [5.41, 5.74) is 0. The second-order valence-corrected chi connectivity index (χ2v) is 2.41. The van der Waals surface area contributed by atoms with Crippen LogP contribution in [0.15, 0.2) is 0 Å². The quantitative estimate of drug-likeness (QED) is 0.488. The molecule has 0 saturated carbocycles. The van der Waals surface area contributed by atoms with Gasteiger partial charge in [0.15, 0.2) is 0 Å². The van der Waals surface area contributed by atoms with Crippen molar-refractivity contribution in [2.75, 3.05) is 0 Å². The van der Waals surface area contributed by atoms with Crippen LogP contribution in [0.1, 0.15) is 13.8 Å². The molecule has 0 bridgehead atoms. The predicted octanol–water partition coefficient (Wildman–Crippen LogP) is 0.668. The highest BCUT2D eigenvalue weighted by Gasteiger charge is 2.22. The number of thiocarbonyl (C=S) groups is 1. The molecular formula is C5H9NOS. The van der Waals surface area contributed by atoms with Crippen LogP contribution < -0.4 is 5.32 Å². The third kappa shape index (κ3) is 0.916. The minimum atomic E-state index is 0.238. The summed E-state index contributed by atoms with van der Waals surface area (Å²) in [5.74, 6) is 0. The summed E-state index contributed by atoms with van der Waals surface area (Å²) in [6.07, 6.45) is 0.238. The van der Waals surface area contributed by atoms with Gasteiger partial charge in [-0.1, -0.05) is 0 Å². The van der Waals surface area contributed by atoms with Crippen molar-refractivity contribution in [1.29, 1.82) is 0 Å². The zero-order chi connectivity index (χ0) is 6.15. The lowest BCUT2D eigenvalue weighted by atomic mass is 10.2. The molecule has 1 N–H and O–H groups in total. The van der Waals surface area contributed by atoms with Gasteiger partial charge in [-0.2, -0.15) is 0 Å². The summed E-state index contributed by atoms with van der Waals surface area (Å²) in [5, 5.41) is 3.51. The van der Waals surface area contributed by atoms with E-state index in [0.717, 1.165) is 0 Å². The fraction of sp³-hybridized carbons (Fsp3) is 0.800. The lowest BCUT2D eigenvalue weighted by molar-refractivity contribution is 0.231. The highest BCUT2D eigenvalue weighted by molar-refractivity contribution is 7.80. The van der Waals surface area contributed by atoms with Crippen LogP contribution in [-0.4, -0.2) is 17.3 Å². The molecule has 46 valence electrons. The van der Waals surface area contributed by atoms with Gasteiger partial charge in [0.2, 0.25) is 0 Å². The molecule has 1 saturated heterocycles. The Balaban J connectivity index is 2.51. The topological polar surface area (TPSA) is 21.3 Å². The maximum atomic E-state index is 5.09. The molecule has 0 amide bonds. The summed E-state index contributed by atoms with van der Waals surface area (Å²) in [6, 6.07) is 0.377. The van der Waals surface area contributed by atoms with Crippen LogP contribution in [0.4, 0.5) is 0 Å². The number of hydrogen-bond donors (Lipinski definition) is 1. The first kappa shape index (κ1) is 5.82. The summed E-state index contributed by atoms with van der Waals surface area (Å²) >= 11 is 4.74. The van der Waals surface area contributed by atoms with Crippen molar-refractivity contribution in [3.05, 3.63) is 0 Å². The van der Waals surface area contributed by atoms with E-state index in [4.69, 9.17) is 17.0 Å². The third-order valence-corrected chi connectivity index (χ3v) is 1.56. The Morgan fingerprint density at radius 2 is 2.25 bits per heavy atom. The normalized spacial score (nSPS) is 36.5. The molecule has 1 fully saturated rings. The second-order valence-electron chi connectivity index (χ2n) is 2.04. The van der Waals surface area contributed by atoms with Gasteiger partial charge in [-0.15, -0.1) is 0 Å². The van der Waals surface area contributed by atoms with Crippen LogP contribution in [0.3, 0.4) is 0 Å². The van der Waals surface area contributed by atoms with E-state index in [9.17, 15) is 0 Å². The smallest absolute Gasteiger partial charge is 0.257 e. The van der Waals surface area contributed by atoms with Crippen LogP contribution in [0.25, 0.3) is 0 Å². The molecule has 8 heavy (non-hydrogen) atoms. The van der Waals surface area contributed by atoms with Crippen LogP contribution in [0.5, 0.6) is 0 Å². The molecule has 1 aliphatic rings. The Bertz CT molecular complexity index is 103. The summed E-state index contributed by atoms with van der Waals surface area (Å²) in [4.78, 5) is 0. The molecule has 0 spiro atoms. The van der Waals surface area contributed by atoms with Gasteiger partial charge in [0.25, 0.3) is 5.17 Å². The zero-order valence-electron chi connectivity index (χ0n) is 4.97. The fourth-order valence-corrected chi connectivity index (χ4v) is 0.946. The molecule has 1 heterocycles. The molecule has 0 aromatic carbocycles. The van der Waals surface area contributed by atoms with Gasteiger partial charge in [0.1, 0.15) is 6.10 Å². The van der Waals surface area contributed by atoms with E-state index in [1.807, 2.05) is 13.8 Å². The van der Waals surface area contributed by atoms with Gasteiger partial charge in [0.05, 0.1) is 6.04 Å². The lowest BCUT2D eigenvalue weighted by Crippen LogP contribution is -2.25. The average molecular weight is 131 g/mol. The van der Waals surface area contributed by atoms with E-state index in [-0.39, 0.29) is 6.10 Å². The van der Waals surface area contributed by atoms with Gasteiger partial charge in [-0.05, 0) is 26.1 Å².